The SMILES string of the molecule is Cc1ccc(NN2C(=O)[C@@H]3C[C@@H]4C(=CC[C@@H]5C(=O)N(c6ccc(I)cc6)C(=O)[C@@H]54)[C@H](c4cc(Cl)ccc4O)[C@]3(c3ccccc3)C2=O)cc1. The predicted molar refractivity (Wildman–Crippen MR) is 194 cm³/mol. The zero-order valence-corrected chi connectivity index (χ0v) is 29.3. The molecule has 2 N–H and O–H groups in total. The van der Waals surface area contributed by atoms with Crippen LogP contribution in [-0.4, -0.2) is 33.7 Å². The second-order valence-corrected chi connectivity index (χ2v) is 15.0. The van der Waals surface area contributed by atoms with Crippen LogP contribution in [0.5, 0.6) is 5.75 Å². The Morgan fingerprint density at radius 1 is 0.857 bits per heavy atom. The standard InChI is InChI=1S/C39H31ClIN3O5/c1-21-7-12-25(13-8-21)42-44-36(47)31-20-29-27(16-17-28-33(29)37(48)43(35(28)46)26-14-10-24(41)11-15-26)34(30-19-23(40)9-18-32(30)45)39(31,38(44)49)22-5-3-2-4-6-22/h2-16,18-19,28-29,31,33-34,42,45H,17,20H2,1H3/t28-,29+,31-,33-,34+,39+/m0/s1. The largest absolute Gasteiger partial charge is 0.508 e. The molecule has 49 heavy (non-hydrogen) atoms. The molecule has 2 aliphatic carbocycles. The van der Waals surface area contributed by atoms with Crippen molar-refractivity contribution in [1.29, 1.82) is 0 Å². The number of fused-ring (bicyclic) bond motifs is 4. The molecule has 2 aliphatic heterocycles. The van der Waals surface area contributed by atoms with E-state index in [4.69, 9.17) is 11.6 Å². The third kappa shape index (κ3) is 4.76. The first-order chi connectivity index (χ1) is 23.6. The van der Waals surface area contributed by atoms with Gasteiger partial charge in [0.2, 0.25) is 11.8 Å². The molecule has 0 bridgehead atoms. The number of halogens is 2. The van der Waals surface area contributed by atoms with Gasteiger partial charge in [-0.3, -0.25) is 29.5 Å². The molecular weight excluding hydrogens is 753 g/mol. The van der Waals surface area contributed by atoms with Gasteiger partial charge in [-0.05, 0) is 108 Å². The summed E-state index contributed by atoms with van der Waals surface area (Å²) < 4.78 is 0.976. The molecule has 8 nitrogen and oxygen atoms in total. The van der Waals surface area contributed by atoms with Crippen LogP contribution in [0, 0.1) is 34.2 Å². The second kappa shape index (κ2) is 11.8. The topological polar surface area (TPSA) is 107 Å². The monoisotopic (exact) mass is 783 g/mol. The number of nitrogens with one attached hydrogen (secondary N) is 1. The molecule has 2 heterocycles. The second-order valence-electron chi connectivity index (χ2n) is 13.3. The van der Waals surface area contributed by atoms with E-state index in [1.165, 1.54) is 11.0 Å². The normalized spacial score (nSPS) is 27.5. The lowest BCUT2D eigenvalue weighted by molar-refractivity contribution is -0.138. The molecule has 4 aromatic rings. The van der Waals surface area contributed by atoms with E-state index in [0.29, 0.717) is 27.5 Å². The number of anilines is 2. The van der Waals surface area contributed by atoms with Gasteiger partial charge in [-0.2, -0.15) is 5.01 Å². The molecule has 8 rings (SSSR count). The van der Waals surface area contributed by atoms with Gasteiger partial charge in [-0.1, -0.05) is 71.3 Å². The van der Waals surface area contributed by atoms with E-state index in [9.17, 15) is 19.5 Å². The van der Waals surface area contributed by atoms with Crippen molar-refractivity contribution in [3.05, 3.63) is 134 Å². The number of aryl methyl sites for hydroxylation is 1. The minimum Gasteiger partial charge on any atom is -0.508 e. The molecule has 0 aromatic heterocycles. The number of nitrogens with zero attached hydrogens (tertiary/aromatic N) is 2. The van der Waals surface area contributed by atoms with Crippen LogP contribution in [0.15, 0.2) is 109 Å². The Kier molecular flexibility index (Phi) is 7.68. The molecule has 0 radical (unpaired) electrons. The summed E-state index contributed by atoms with van der Waals surface area (Å²) in [7, 11) is 0. The third-order valence-electron chi connectivity index (χ3n) is 10.8. The minimum absolute atomic E-state index is 0.0772. The molecule has 2 saturated heterocycles. The maximum atomic E-state index is 15.2. The number of carbonyl (C=O) groups is 4. The van der Waals surface area contributed by atoms with E-state index in [1.54, 1.807) is 24.3 Å². The smallest absolute Gasteiger partial charge is 0.260 e. The van der Waals surface area contributed by atoms with Crippen molar-refractivity contribution in [3.63, 3.8) is 0 Å². The summed E-state index contributed by atoms with van der Waals surface area (Å²) in [5, 5.41) is 12.9. The number of phenolic OH excluding ortho intramolecular Hbond substituents is 1. The number of hydrogen-bond donors (Lipinski definition) is 2. The Bertz CT molecular complexity index is 2070. The van der Waals surface area contributed by atoms with Crippen molar-refractivity contribution in [3.8, 4) is 5.75 Å². The summed E-state index contributed by atoms with van der Waals surface area (Å²) in [6, 6.07) is 28.6. The highest BCUT2D eigenvalue weighted by atomic mass is 127. The number of imide groups is 2. The Labute approximate surface area is 301 Å². The molecule has 0 unspecified atom stereocenters. The summed E-state index contributed by atoms with van der Waals surface area (Å²) >= 11 is 8.76. The number of phenols is 1. The fourth-order valence-corrected chi connectivity index (χ4v) is 9.23. The van der Waals surface area contributed by atoms with Crippen LogP contribution < -0.4 is 10.3 Å². The van der Waals surface area contributed by atoms with Gasteiger partial charge in [0.05, 0.1) is 34.5 Å². The van der Waals surface area contributed by atoms with Gasteiger partial charge in [0.15, 0.2) is 0 Å². The molecule has 6 atom stereocenters. The van der Waals surface area contributed by atoms with Crippen LogP contribution in [-0.2, 0) is 24.6 Å². The summed E-state index contributed by atoms with van der Waals surface area (Å²) in [6.07, 6.45) is 2.41. The molecular formula is C39H31ClIN3O5. The van der Waals surface area contributed by atoms with E-state index in [2.05, 4.69) is 28.0 Å². The quantitative estimate of drug-likeness (QED) is 0.127. The highest BCUT2D eigenvalue weighted by Gasteiger charge is 2.70. The van der Waals surface area contributed by atoms with E-state index in [-0.39, 0.29) is 30.4 Å². The van der Waals surface area contributed by atoms with Gasteiger partial charge < -0.3 is 5.11 Å². The summed E-state index contributed by atoms with van der Waals surface area (Å²) in [5.74, 6) is -5.28. The van der Waals surface area contributed by atoms with Crippen LogP contribution in [0.1, 0.15) is 35.4 Å². The molecule has 4 aromatic carbocycles. The molecule has 4 amide bonds. The van der Waals surface area contributed by atoms with Gasteiger partial charge in [0.25, 0.3) is 11.8 Å². The number of hydrogen-bond acceptors (Lipinski definition) is 6. The van der Waals surface area contributed by atoms with Gasteiger partial charge >= 0.3 is 0 Å². The van der Waals surface area contributed by atoms with Crippen molar-refractivity contribution in [2.45, 2.75) is 31.1 Å². The van der Waals surface area contributed by atoms with Gasteiger partial charge in [0, 0.05) is 20.1 Å². The van der Waals surface area contributed by atoms with Gasteiger partial charge in [0.1, 0.15) is 5.75 Å². The van der Waals surface area contributed by atoms with Crippen LogP contribution in [0.4, 0.5) is 11.4 Å². The maximum absolute atomic E-state index is 15.2. The molecule has 1 saturated carbocycles. The number of aromatic hydroxyl groups is 1. The summed E-state index contributed by atoms with van der Waals surface area (Å²) in [6.45, 7) is 1.95. The lowest BCUT2D eigenvalue weighted by Crippen LogP contribution is -2.53. The summed E-state index contributed by atoms with van der Waals surface area (Å²) in [4.78, 5) is 59.5. The van der Waals surface area contributed by atoms with Gasteiger partial charge in [-0.25, -0.2) is 0 Å². The highest BCUT2D eigenvalue weighted by molar-refractivity contribution is 14.1. The van der Waals surface area contributed by atoms with Crippen molar-refractivity contribution < 1.29 is 24.3 Å². The van der Waals surface area contributed by atoms with Crippen LogP contribution in [0.25, 0.3) is 0 Å². The number of amides is 4. The molecule has 10 heteroatoms. The van der Waals surface area contributed by atoms with Crippen LogP contribution >= 0.6 is 34.2 Å². The van der Waals surface area contributed by atoms with Crippen molar-refractivity contribution in [2.75, 3.05) is 10.3 Å². The third-order valence-corrected chi connectivity index (χ3v) is 11.7. The molecule has 0 spiro atoms. The lowest BCUT2D eigenvalue weighted by atomic mass is 9.49. The van der Waals surface area contributed by atoms with E-state index < -0.39 is 46.8 Å². The van der Waals surface area contributed by atoms with Crippen LogP contribution in [0.2, 0.25) is 5.02 Å². The number of hydrazine groups is 1. The number of carbonyl (C=O) groups excluding carboxylic acids is 4. The van der Waals surface area contributed by atoms with Crippen molar-refractivity contribution in [2.24, 2.45) is 23.7 Å². The molecule has 4 aliphatic rings. The zero-order valence-electron chi connectivity index (χ0n) is 26.3. The number of rotatable bonds is 5. The fourth-order valence-electron chi connectivity index (χ4n) is 8.69. The number of allylic oxidation sites excluding steroid dienone is 2. The minimum atomic E-state index is -1.49. The van der Waals surface area contributed by atoms with Crippen molar-refractivity contribution >= 4 is 69.2 Å². The lowest BCUT2D eigenvalue weighted by Gasteiger charge is -2.50. The Morgan fingerprint density at radius 2 is 1.57 bits per heavy atom. The Morgan fingerprint density at radius 3 is 2.29 bits per heavy atom. The average Bonchev–Trinajstić information content (AvgIpc) is 3.48. The Balaban J connectivity index is 1.33. The highest BCUT2D eigenvalue weighted by Crippen LogP contribution is 2.65. The first kappa shape index (κ1) is 31.8. The number of benzene rings is 4. The molecule has 3 fully saturated rings. The van der Waals surface area contributed by atoms with E-state index in [0.717, 1.165) is 19.7 Å². The zero-order chi connectivity index (χ0) is 34.2. The molecule has 246 valence electrons. The maximum Gasteiger partial charge on any atom is 0.260 e. The van der Waals surface area contributed by atoms with Crippen molar-refractivity contribution in [1.82, 2.24) is 5.01 Å². The van der Waals surface area contributed by atoms with E-state index in [1.807, 2.05) is 79.7 Å². The first-order valence-electron chi connectivity index (χ1n) is 16.2. The Hall–Kier alpha value is -4.48. The van der Waals surface area contributed by atoms with Gasteiger partial charge in [-0.15, -0.1) is 0 Å². The van der Waals surface area contributed by atoms with Crippen LogP contribution in [0.3, 0.4) is 0 Å². The predicted octanol–water partition coefficient (Wildman–Crippen LogP) is 7.15. The first-order valence-corrected chi connectivity index (χ1v) is 17.7. The summed E-state index contributed by atoms with van der Waals surface area (Å²) in [5.41, 5.74) is 5.45. The fraction of sp³-hybridized carbons (Fsp3) is 0.231. The van der Waals surface area contributed by atoms with E-state index >= 15 is 4.79 Å². The average molecular weight is 784 g/mol.